The van der Waals surface area contributed by atoms with E-state index >= 15 is 0 Å². The number of hydrogen-bond acceptors (Lipinski definition) is 6. The first-order chi connectivity index (χ1) is 12.7. The molecule has 3 heterocycles. The molecular weight excluding hydrogens is 366 g/mol. The van der Waals surface area contributed by atoms with Gasteiger partial charge in [-0.25, -0.2) is 0 Å². The third-order valence-corrected chi connectivity index (χ3v) is 5.64. The van der Waals surface area contributed by atoms with Crippen LogP contribution in [-0.4, -0.2) is 43.4 Å². The van der Waals surface area contributed by atoms with Crippen LogP contribution in [0.5, 0.6) is 0 Å². The highest BCUT2D eigenvalue weighted by molar-refractivity contribution is 7.99. The van der Waals surface area contributed by atoms with E-state index in [9.17, 15) is 4.79 Å². The van der Waals surface area contributed by atoms with E-state index in [1.165, 1.54) is 16.6 Å². The van der Waals surface area contributed by atoms with Gasteiger partial charge >= 0.3 is 0 Å². The van der Waals surface area contributed by atoms with Crippen molar-refractivity contribution < 1.29 is 4.79 Å². The quantitative estimate of drug-likeness (QED) is 0.553. The first-order valence-corrected chi connectivity index (χ1v) is 10.3. The fourth-order valence-corrected chi connectivity index (χ4v) is 4.16. The van der Waals surface area contributed by atoms with Crippen LogP contribution < -0.4 is 0 Å². The number of carbonyl (C=O) groups excluding carboxylic acids is 1. The lowest BCUT2D eigenvalue weighted by molar-refractivity contribution is -0.127. The molecule has 3 aromatic heterocycles. The normalized spacial score (nSPS) is 10.8. The average molecular weight is 388 g/mol. The van der Waals surface area contributed by atoms with Crippen molar-refractivity contribution >= 4 is 29.0 Å². The molecule has 0 spiro atoms. The van der Waals surface area contributed by atoms with Gasteiger partial charge in [0.15, 0.2) is 11.0 Å². The van der Waals surface area contributed by atoms with E-state index in [-0.39, 0.29) is 5.91 Å². The van der Waals surface area contributed by atoms with Crippen molar-refractivity contribution in [1.29, 1.82) is 0 Å². The van der Waals surface area contributed by atoms with E-state index in [0.29, 0.717) is 12.3 Å². The number of amides is 1. The van der Waals surface area contributed by atoms with E-state index in [2.05, 4.69) is 26.7 Å². The number of thiophene rings is 1. The Balaban J connectivity index is 1.67. The average Bonchev–Trinajstić information content (AvgIpc) is 3.31. The van der Waals surface area contributed by atoms with Crippen LogP contribution in [0.25, 0.3) is 11.4 Å². The summed E-state index contributed by atoms with van der Waals surface area (Å²) >= 11 is 3.10. The minimum atomic E-state index is 0.0832. The van der Waals surface area contributed by atoms with E-state index in [1.54, 1.807) is 28.6 Å². The second-order valence-corrected chi connectivity index (χ2v) is 7.79. The fourth-order valence-electron chi connectivity index (χ4n) is 2.50. The fraction of sp³-hybridized carbons (Fsp3) is 0.333. The largest absolute Gasteiger partial charge is 0.340 e. The van der Waals surface area contributed by atoms with Gasteiger partial charge in [-0.1, -0.05) is 24.8 Å². The molecule has 0 unspecified atom stereocenters. The predicted molar refractivity (Wildman–Crippen MR) is 105 cm³/mol. The first kappa shape index (κ1) is 18.6. The van der Waals surface area contributed by atoms with Crippen molar-refractivity contribution in [3.63, 3.8) is 0 Å². The van der Waals surface area contributed by atoms with Crippen LogP contribution in [-0.2, 0) is 17.9 Å². The summed E-state index contributed by atoms with van der Waals surface area (Å²) in [6.45, 7) is 3.57. The Morgan fingerprint density at radius 1 is 1.27 bits per heavy atom. The summed E-state index contributed by atoms with van der Waals surface area (Å²) in [5.74, 6) is 1.25. The Bertz CT molecular complexity index is 833. The molecule has 3 aromatic rings. The SMILES string of the molecule is CCCn1c(SCC(=O)N(C)Cc2cccs2)nnc1-c1ccncc1. The van der Waals surface area contributed by atoms with Crippen LogP contribution >= 0.6 is 23.1 Å². The molecule has 0 N–H and O–H groups in total. The molecule has 6 nitrogen and oxygen atoms in total. The lowest BCUT2D eigenvalue weighted by atomic mass is 10.2. The molecule has 3 rings (SSSR count). The molecule has 0 radical (unpaired) electrons. The van der Waals surface area contributed by atoms with Gasteiger partial charge in [0.25, 0.3) is 0 Å². The zero-order valence-corrected chi connectivity index (χ0v) is 16.5. The summed E-state index contributed by atoms with van der Waals surface area (Å²) in [5, 5.41) is 11.4. The van der Waals surface area contributed by atoms with Crippen LogP contribution in [0.15, 0.2) is 47.2 Å². The maximum atomic E-state index is 12.4. The minimum Gasteiger partial charge on any atom is -0.340 e. The molecule has 0 fully saturated rings. The summed E-state index contributed by atoms with van der Waals surface area (Å²) in [5.41, 5.74) is 0.980. The van der Waals surface area contributed by atoms with Crippen molar-refractivity contribution in [3.8, 4) is 11.4 Å². The Morgan fingerprint density at radius 2 is 2.08 bits per heavy atom. The molecule has 1 amide bonds. The highest BCUT2D eigenvalue weighted by Crippen LogP contribution is 2.24. The van der Waals surface area contributed by atoms with Gasteiger partial charge in [-0.05, 0) is 30.0 Å². The van der Waals surface area contributed by atoms with E-state index < -0.39 is 0 Å². The summed E-state index contributed by atoms with van der Waals surface area (Å²) in [7, 11) is 1.84. The number of aromatic nitrogens is 4. The number of hydrogen-bond donors (Lipinski definition) is 0. The van der Waals surface area contributed by atoms with Crippen molar-refractivity contribution in [2.45, 2.75) is 31.6 Å². The van der Waals surface area contributed by atoms with Gasteiger partial charge in [0.1, 0.15) is 0 Å². The zero-order valence-electron chi connectivity index (χ0n) is 14.8. The molecule has 0 aliphatic carbocycles. The van der Waals surface area contributed by atoms with Crippen molar-refractivity contribution in [1.82, 2.24) is 24.6 Å². The first-order valence-electron chi connectivity index (χ1n) is 8.41. The van der Waals surface area contributed by atoms with Crippen LogP contribution in [0.1, 0.15) is 18.2 Å². The molecule has 0 atom stereocenters. The molecular formula is C18H21N5OS2. The molecule has 0 saturated heterocycles. The van der Waals surface area contributed by atoms with Gasteiger partial charge in [0.2, 0.25) is 5.91 Å². The molecule has 0 aromatic carbocycles. The maximum Gasteiger partial charge on any atom is 0.233 e. The third kappa shape index (κ3) is 4.50. The monoisotopic (exact) mass is 387 g/mol. The number of rotatable bonds is 8. The smallest absolute Gasteiger partial charge is 0.233 e. The van der Waals surface area contributed by atoms with Crippen LogP contribution in [0.3, 0.4) is 0 Å². The van der Waals surface area contributed by atoms with Gasteiger partial charge in [0.05, 0.1) is 12.3 Å². The molecule has 0 aliphatic rings. The Morgan fingerprint density at radius 3 is 2.77 bits per heavy atom. The molecule has 8 heteroatoms. The van der Waals surface area contributed by atoms with Gasteiger partial charge in [0, 0.05) is 36.4 Å². The summed E-state index contributed by atoms with van der Waals surface area (Å²) in [4.78, 5) is 19.4. The minimum absolute atomic E-state index is 0.0832. The van der Waals surface area contributed by atoms with E-state index in [1.807, 2.05) is 36.7 Å². The highest BCUT2D eigenvalue weighted by atomic mass is 32.2. The topological polar surface area (TPSA) is 63.9 Å². The van der Waals surface area contributed by atoms with Crippen LogP contribution in [0, 0.1) is 0 Å². The third-order valence-electron chi connectivity index (χ3n) is 3.83. The van der Waals surface area contributed by atoms with Crippen molar-refractivity contribution in [3.05, 3.63) is 46.9 Å². The Hall–Kier alpha value is -2.19. The van der Waals surface area contributed by atoms with Crippen LogP contribution in [0.4, 0.5) is 0 Å². The lowest BCUT2D eigenvalue weighted by Gasteiger charge is -2.16. The second-order valence-electron chi connectivity index (χ2n) is 5.81. The van der Waals surface area contributed by atoms with Crippen molar-refractivity contribution in [2.75, 3.05) is 12.8 Å². The number of carbonyl (C=O) groups is 1. The van der Waals surface area contributed by atoms with E-state index in [0.717, 1.165) is 29.5 Å². The number of pyridine rings is 1. The van der Waals surface area contributed by atoms with Crippen LogP contribution in [0.2, 0.25) is 0 Å². The second kappa shape index (κ2) is 8.95. The summed E-state index contributed by atoms with van der Waals surface area (Å²) in [6, 6.07) is 7.89. The summed E-state index contributed by atoms with van der Waals surface area (Å²) in [6.07, 6.45) is 4.46. The highest BCUT2D eigenvalue weighted by Gasteiger charge is 2.17. The molecule has 136 valence electrons. The number of thioether (sulfide) groups is 1. The number of nitrogens with zero attached hydrogens (tertiary/aromatic N) is 5. The van der Waals surface area contributed by atoms with Gasteiger partial charge in [-0.15, -0.1) is 21.5 Å². The molecule has 0 bridgehead atoms. The van der Waals surface area contributed by atoms with Gasteiger partial charge in [-0.3, -0.25) is 9.78 Å². The Kier molecular flexibility index (Phi) is 6.40. The molecule has 0 saturated carbocycles. The molecule has 26 heavy (non-hydrogen) atoms. The van der Waals surface area contributed by atoms with Crippen molar-refractivity contribution in [2.24, 2.45) is 0 Å². The predicted octanol–water partition coefficient (Wildman–Crippen LogP) is 3.56. The van der Waals surface area contributed by atoms with E-state index in [4.69, 9.17) is 0 Å². The molecule has 0 aliphatic heterocycles. The lowest BCUT2D eigenvalue weighted by Crippen LogP contribution is -2.27. The summed E-state index contributed by atoms with van der Waals surface area (Å²) < 4.78 is 2.08. The Labute approximate surface area is 161 Å². The van der Waals surface area contributed by atoms with Gasteiger partial charge in [-0.2, -0.15) is 0 Å². The maximum absolute atomic E-state index is 12.4. The zero-order chi connectivity index (χ0) is 18.4. The van der Waals surface area contributed by atoms with Gasteiger partial charge < -0.3 is 9.47 Å². The standard InChI is InChI=1S/C18H21N5OS2/c1-3-10-23-17(14-6-8-19-9-7-14)20-21-18(23)26-13-16(24)22(2)12-15-5-4-11-25-15/h4-9,11H,3,10,12-13H2,1-2H3.